The van der Waals surface area contributed by atoms with Crippen molar-refractivity contribution in [3.63, 3.8) is 0 Å². The topological polar surface area (TPSA) is 20.3 Å². The van der Waals surface area contributed by atoms with Gasteiger partial charge < -0.3 is 0 Å². The molecule has 0 saturated carbocycles. The second-order valence-electron chi connectivity index (χ2n) is 6.83. The Morgan fingerprint density at radius 2 is 1.50 bits per heavy atom. The van der Waals surface area contributed by atoms with Gasteiger partial charge in [0.15, 0.2) is 0 Å². The monoisotopic (exact) mass is 347 g/mol. The average molecular weight is 348 g/mol. The van der Waals surface area contributed by atoms with Crippen LogP contribution in [0.5, 0.6) is 0 Å². The number of anilines is 1. The lowest BCUT2D eigenvalue weighted by Crippen LogP contribution is -2.29. The Labute approximate surface area is 152 Å². The molecule has 24 heavy (non-hydrogen) atoms. The summed E-state index contributed by atoms with van der Waals surface area (Å²) < 4.78 is 1.94. The summed E-state index contributed by atoms with van der Waals surface area (Å²) in [4.78, 5) is 12.2. The maximum Gasteiger partial charge on any atom is 0.237 e. The smallest absolute Gasteiger partial charge is 0.237 e. The van der Waals surface area contributed by atoms with Crippen molar-refractivity contribution in [1.29, 1.82) is 0 Å². The summed E-state index contributed by atoms with van der Waals surface area (Å²) in [7, 11) is 0. The van der Waals surface area contributed by atoms with E-state index in [2.05, 4.69) is 25.1 Å². The largest absolute Gasteiger partial charge is 0.274 e. The normalized spacial score (nSPS) is 14.0. The van der Waals surface area contributed by atoms with Gasteiger partial charge in [-0.05, 0) is 36.4 Å². The molecule has 2 nitrogen and oxygen atoms in total. The van der Waals surface area contributed by atoms with E-state index in [-0.39, 0.29) is 5.91 Å². The van der Waals surface area contributed by atoms with Gasteiger partial charge in [0.25, 0.3) is 0 Å². The van der Waals surface area contributed by atoms with E-state index in [1.807, 2.05) is 10.4 Å². The minimum atomic E-state index is 0.269. The van der Waals surface area contributed by atoms with Crippen LogP contribution in [-0.2, 0) is 11.2 Å². The molecular formula is C21H33NOS. The van der Waals surface area contributed by atoms with Gasteiger partial charge in [0.05, 0.1) is 5.69 Å². The van der Waals surface area contributed by atoms with E-state index in [9.17, 15) is 4.79 Å². The number of unbranched alkanes of at least 4 members (excludes halogenated alkanes) is 9. The number of nitrogens with zero attached hydrogens (tertiary/aromatic N) is 1. The maximum absolute atomic E-state index is 12.2. The van der Waals surface area contributed by atoms with Crippen LogP contribution in [-0.4, -0.2) is 11.7 Å². The fourth-order valence-electron chi connectivity index (χ4n) is 3.28. The number of benzene rings is 1. The molecule has 1 aromatic rings. The molecule has 0 atom stereocenters. The minimum absolute atomic E-state index is 0.269. The lowest BCUT2D eigenvalue weighted by molar-refractivity contribution is -0.117. The van der Waals surface area contributed by atoms with Gasteiger partial charge in [0.2, 0.25) is 5.91 Å². The zero-order valence-electron chi connectivity index (χ0n) is 15.3. The van der Waals surface area contributed by atoms with Gasteiger partial charge in [-0.3, -0.25) is 9.10 Å². The number of rotatable bonds is 12. The van der Waals surface area contributed by atoms with Crippen molar-refractivity contribution in [2.24, 2.45) is 0 Å². The Bertz CT molecular complexity index is 488. The van der Waals surface area contributed by atoms with Crippen LogP contribution in [0.4, 0.5) is 5.69 Å². The molecule has 0 saturated heterocycles. The molecule has 0 aliphatic carbocycles. The van der Waals surface area contributed by atoms with Gasteiger partial charge in [-0.2, -0.15) is 0 Å². The Balaban J connectivity index is 1.54. The van der Waals surface area contributed by atoms with E-state index >= 15 is 0 Å². The molecule has 0 fully saturated rings. The Morgan fingerprint density at radius 1 is 0.875 bits per heavy atom. The predicted octanol–water partition coefficient (Wildman–Crippen LogP) is 6.53. The fourth-order valence-corrected chi connectivity index (χ4v) is 4.35. The van der Waals surface area contributed by atoms with E-state index in [1.54, 1.807) is 11.9 Å². The fraction of sp³-hybridized carbons (Fsp3) is 0.667. The predicted molar refractivity (Wildman–Crippen MR) is 107 cm³/mol. The van der Waals surface area contributed by atoms with Crippen molar-refractivity contribution >= 4 is 23.5 Å². The van der Waals surface area contributed by atoms with E-state index < -0.39 is 0 Å². The zero-order chi connectivity index (χ0) is 17.0. The van der Waals surface area contributed by atoms with Crippen molar-refractivity contribution in [3.05, 3.63) is 29.8 Å². The lowest BCUT2D eigenvalue weighted by atomic mass is 10.0. The molecule has 0 bridgehead atoms. The van der Waals surface area contributed by atoms with Crippen LogP contribution in [0, 0.1) is 0 Å². The first kappa shape index (κ1) is 19.4. The van der Waals surface area contributed by atoms with Crippen LogP contribution in [0.1, 0.15) is 83.1 Å². The van der Waals surface area contributed by atoms with Gasteiger partial charge in [-0.1, -0.05) is 82.9 Å². The number of hydrogen-bond acceptors (Lipinski definition) is 2. The number of carbonyl (C=O) groups is 1. The number of fused-ring (bicyclic) bond motifs is 1. The zero-order valence-corrected chi connectivity index (χ0v) is 16.1. The molecule has 134 valence electrons. The first-order valence-corrected chi connectivity index (χ1v) is 10.8. The number of carbonyl (C=O) groups excluding carboxylic acids is 1. The first-order chi connectivity index (χ1) is 11.8. The first-order valence-electron chi connectivity index (χ1n) is 9.86. The molecule has 2 rings (SSSR count). The Morgan fingerprint density at radius 3 is 2.21 bits per heavy atom. The molecule has 0 spiro atoms. The summed E-state index contributed by atoms with van der Waals surface area (Å²) in [5, 5.41) is 0. The minimum Gasteiger partial charge on any atom is -0.274 e. The number of para-hydroxylation sites is 1. The van der Waals surface area contributed by atoms with Gasteiger partial charge in [0.1, 0.15) is 0 Å². The van der Waals surface area contributed by atoms with Crippen LogP contribution in [0.3, 0.4) is 0 Å². The van der Waals surface area contributed by atoms with E-state index in [1.165, 1.54) is 69.8 Å². The van der Waals surface area contributed by atoms with Crippen LogP contribution in [0.2, 0.25) is 0 Å². The second-order valence-corrected chi connectivity index (χ2v) is 7.86. The Kier molecular flexibility index (Phi) is 9.34. The van der Waals surface area contributed by atoms with Gasteiger partial charge in [-0.15, -0.1) is 0 Å². The number of hydrogen-bond donors (Lipinski definition) is 0. The standard InChI is InChI=1S/C21H33NOS/c1-2-3-4-5-6-7-8-9-10-13-18-24-22-20-15-12-11-14-19(20)16-17-21(22)23/h11-12,14-15H,2-10,13,16-18H2,1H3. The van der Waals surface area contributed by atoms with Crippen LogP contribution >= 0.6 is 11.9 Å². The average Bonchev–Trinajstić information content (AvgIpc) is 2.61. The molecule has 0 radical (unpaired) electrons. The van der Waals surface area contributed by atoms with Gasteiger partial charge in [-0.25, -0.2) is 0 Å². The molecular weight excluding hydrogens is 314 g/mol. The van der Waals surface area contributed by atoms with E-state index in [0.717, 1.165) is 17.9 Å². The molecule has 3 heteroatoms. The third kappa shape index (κ3) is 6.51. The van der Waals surface area contributed by atoms with Crippen LogP contribution in [0.25, 0.3) is 0 Å². The number of amides is 1. The quantitative estimate of drug-likeness (QED) is 0.316. The molecule has 1 aliphatic heterocycles. The number of aryl methyl sites for hydroxylation is 1. The van der Waals surface area contributed by atoms with Crippen molar-refractivity contribution in [2.75, 3.05) is 10.1 Å². The second kappa shape index (κ2) is 11.6. The summed E-state index contributed by atoms with van der Waals surface area (Å²) in [6.45, 7) is 2.27. The summed E-state index contributed by atoms with van der Waals surface area (Å²) in [6, 6.07) is 8.33. The molecule has 0 unspecified atom stereocenters. The third-order valence-corrected chi connectivity index (χ3v) is 5.89. The lowest BCUT2D eigenvalue weighted by Gasteiger charge is -2.28. The molecule has 1 amide bonds. The van der Waals surface area contributed by atoms with E-state index in [4.69, 9.17) is 0 Å². The summed E-state index contributed by atoms with van der Waals surface area (Å²) in [5.41, 5.74) is 2.43. The van der Waals surface area contributed by atoms with Crippen LogP contribution in [0.15, 0.2) is 24.3 Å². The van der Waals surface area contributed by atoms with Crippen molar-refractivity contribution in [2.45, 2.75) is 84.0 Å². The van der Waals surface area contributed by atoms with Crippen molar-refractivity contribution < 1.29 is 4.79 Å². The highest BCUT2D eigenvalue weighted by Gasteiger charge is 2.23. The highest BCUT2D eigenvalue weighted by atomic mass is 32.2. The van der Waals surface area contributed by atoms with Crippen molar-refractivity contribution in [3.8, 4) is 0 Å². The molecule has 1 aliphatic rings. The Hall–Kier alpha value is -0.960. The van der Waals surface area contributed by atoms with Gasteiger partial charge in [0, 0.05) is 12.2 Å². The summed E-state index contributed by atoms with van der Waals surface area (Å²) in [6.07, 6.45) is 15.2. The molecule has 0 aromatic heterocycles. The highest BCUT2D eigenvalue weighted by molar-refractivity contribution is 8.01. The SMILES string of the molecule is CCCCCCCCCCCCSN1C(=O)CCc2ccccc21. The van der Waals surface area contributed by atoms with Crippen LogP contribution < -0.4 is 4.31 Å². The molecule has 1 heterocycles. The van der Waals surface area contributed by atoms with Crippen molar-refractivity contribution in [1.82, 2.24) is 0 Å². The maximum atomic E-state index is 12.2. The summed E-state index contributed by atoms with van der Waals surface area (Å²) in [5.74, 6) is 1.32. The highest BCUT2D eigenvalue weighted by Crippen LogP contribution is 2.32. The molecule has 1 aromatic carbocycles. The third-order valence-electron chi connectivity index (χ3n) is 4.76. The molecule has 0 N–H and O–H groups in total. The van der Waals surface area contributed by atoms with E-state index in [0.29, 0.717) is 6.42 Å². The van der Waals surface area contributed by atoms with Gasteiger partial charge >= 0.3 is 0 Å². The summed E-state index contributed by atoms with van der Waals surface area (Å²) >= 11 is 1.71.